The van der Waals surface area contributed by atoms with E-state index in [9.17, 15) is 9.18 Å². The van der Waals surface area contributed by atoms with Gasteiger partial charge < -0.3 is 9.47 Å². The first-order valence-electron chi connectivity index (χ1n) is 11.6. The first-order valence-corrected chi connectivity index (χ1v) is 13.3. The lowest BCUT2D eigenvalue weighted by molar-refractivity contribution is 0.0638. The molecular weight excluding hydrogens is 493 g/mol. The van der Waals surface area contributed by atoms with E-state index in [0.29, 0.717) is 24.5 Å². The van der Waals surface area contributed by atoms with Crippen molar-refractivity contribution in [3.63, 3.8) is 0 Å². The Morgan fingerprint density at radius 1 is 0.972 bits per heavy atom. The molecule has 0 aliphatic carbocycles. The summed E-state index contributed by atoms with van der Waals surface area (Å²) in [5, 5.41) is 11.6. The molecule has 1 unspecified atom stereocenters. The van der Waals surface area contributed by atoms with Crippen molar-refractivity contribution >= 4 is 28.6 Å². The molecule has 9 heteroatoms. The second kappa shape index (κ2) is 9.07. The van der Waals surface area contributed by atoms with Crippen LogP contribution in [0.25, 0.3) is 32.5 Å². The highest BCUT2D eigenvalue weighted by Gasteiger charge is 2.32. The largest absolute Gasteiger partial charge is 0.327 e. The minimum Gasteiger partial charge on any atom is -0.327 e. The lowest BCUT2D eigenvalue weighted by atomic mass is 10.1. The molecule has 0 fully saturated rings. The van der Waals surface area contributed by atoms with Crippen LogP contribution in [-0.4, -0.2) is 37.1 Å². The fraction of sp³-hybridized carbons (Fsp3) is 0.185. The fourth-order valence-electron chi connectivity index (χ4n) is 4.49. The molecular formula is C27H22FN5OS2. The molecule has 0 N–H and O–H groups in total. The van der Waals surface area contributed by atoms with Crippen LogP contribution < -0.4 is 0 Å². The van der Waals surface area contributed by atoms with E-state index in [2.05, 4.69) is 29.3 Å². The summed E-state index contributed by atoms with van der Waals surface area (Å²) in [5.41, 5.74) is 3.36. The minimum atomic E-state index is -0.274. The number of fused-ring (bicyclic) bond motifs is 1. The van der Waals surface area contributed by atoms with Gasteiger partial charge in [0.2, 0.25) is 0 Å². The van der Waals surface area contributed by atoms with Crippen LogP contribution in [0, 0.1) is 12.7 Å². The normalized spacial score (nSPS) is 15.2. The van der Waals surface area contributed by atoms with Crippen LogP contribution in [0.3, 0.4) is 0 Å². The third-order valence-corrected chi connectivity index (χ3v) is 8.37. The summed E-state index contributed by atoms with van der Waals surface area (Å²) < 4.78 is 15.3. The maximum absolute atomic E-state index is 13.4. The van der Waals surface area contributed by atoms with Crippen LogP contribution >= 0.6 is 22.7 Å². The molecule has 1 aliphatic rings. The first kappa shape index (κ1) is 22.8. The van der Waals surface area contributed by atoms with Gasteiger partial charge in [0.1, 0.15) is 16.5 Å². The number of benzene rings is 2. The molecule has 0 saturated heterocycles. The van der Waals surface area contributed by atoms with Crippen LogP contribution in [0.1, 0.15) is 34.0 Å². The molecule has 3 aromatic heterocycles. The number of rotatable bonds is 4. The van der Waals surface area contributed by atoms with E-state index in [1.807, 2.05) is 46.0 Å². The van der Waals surface area contributed by atoms with Crippen LogP contribution in [-0.2, 0) is 6.54 Å². The molecule has 0 bridgehead atoms. The van der Waals surface area contributed by atoms with Crippen molar-refractivity contribution in [1.29, 1.82) is 0 Å². The van der Waals surface area contributed by atoms with Crippen molar-refractivity contribution in [1.82, 2.24) is 24.6 Å². The molecule has 1 amide bonds. The van der Waals surface area contributed by atoms with Gasteiger partial charge in [0.05, 0.1) is 6.04 Å². The highest BCUT2D eigenvalue weighted by molar-refractivity contribution is 7.15. The summed E-state index contributed by atoms with van der Waals surface area (Å²) in [5.74, 6) is 1.14. The number of aryl methyl sites for hydroxylation is 1. The van der Waals surface area contributed by atoms with Crippen molar-refractivity contribution in [3.05, 3.63) is 88.1 Å². The number of carbonyl (C=O) groups is 1. The van der Waals surface area contributed by atoms with Crippen LogP contribution in [0.4, 0.5) is 4.39 Å². The summed E-state index contributed by atoms with van der Waals surface area (Å²) >= 11 is 3.23. The summed E-state index contributed by atoms with van der Waals surface area (Å²) in [4.78, 5) is 22.4. The molecule has 0 saturated carbocycles. The lowest BCUT2D eigenvalue weighted by Crippen LogP contribution is -2.41. The fourth-order valence-corrected chi connectivity index (χ4v) is 6.16. The van der Waals surface area contributed by atoms with Gasteiger partial charge in [0, 0.05) is 39.4 Å². The van der Waals surface area contributed by atoms with Gasteiger partial charge in [-0.3, -0.25) is 4.79 Å². The smallest absolute Gasteiger partial charge is 0.254 e. The molecule has 1 aliphatic heterocycles. The van der Waals surface area contributed by atoms with Crippen LogP contribution in [0.2, 0.25) is 0 Å². The van der Waals surface area contributed by atoms with E-state index in [1.165, 1.54) is 33.2 Å². The number of hydrogen-bond acceptors (Lipinski definition) is 6. The van der Waals surface area contributed by atoms with Crippen molar-refractivity contribution in [2.45, 2.75) is 26.4 Å². The van der Waals surface area contributed by atoms with Gasteiger partial charge in [-0.15, -0.1) is 32.9 Å². The predicted molar refractivity (Wildman–Crippen MR) is 140 cm³/mol. The summed E-state index contributed by atoms with van der Waals surface area (Å²) in [7, 11) is 0. The van der Waals surface area contributed by atoms with Crippen molar-refractivity contribution in [2.75, 3.05) is 6.54 Å². The predicted octanol–water partition coefficient (Wildman–Crippen LogP) is 6.46. The molecule has 5 aromatic rings. The van der Waals surface area contributed by atoms with Gasteiger partial charge in [-0.1, -0.05) is 12.1 Å². The van der Waals surface area contributed by atoms with Crippen molar-refractivity contribution < 1.29 is 9.18 Å². The lowest BCUT2D eigenvalue weighted by Gasteiger charge is -2.33. The number of thiazole rings is 1. The summed E-state index contributed by atoms with van der Waals surface area (Å²) in [6, 6.07) is 18.1. The van der Waals surface area contributed by atoms with E-state index in [4.69, 9.17) is 4.98 Å². The van der Waals surface area contributed by atoms with Crippen LogP contribution in [0.5, 0.6) is 0 Å². The average molecular weight is 516 g/mol. The summed E-state index contributed by atoms with van der Waals surface area (Å²) in [6.07, 6.45) is 0. The highest BCUT2D eigenvalue weighted by atomic mass is 32.1. The zero-order valence-corrected chi connectivity index (χ0v) is 21.3. The van der Waals surface area contributed by atoms with Gasteiger partial charge in [-0.2, -0.15) is 0 Å². The van der Waals surface area contributed by atoms with E-state index in [0.717, 1.165) is 27.7 Å². The standard InChI is InChI=1S/C27H22FN5OS2/c1-16-3-12-23(36-16)18-4-6-20(7-5-18)27(34)32-13-14-33-24(17(32)2)30-31-25(33)22-15-35-26(29-22)19-8-10-21(28)11-9-19/h3-12,15,17H,13-14H2,1-2H3. The van der Waals surface area contributed by atoms with E-state index in [-0.39, 0.29) is 17.8 Å². The molecule has 1 atom stereocenters. The Balaban J connectivity index is 1.22. The van der Waals surface area contributed by atoms with Crippen molar-refractivity contribution in [3.8, 4) is 32.5 Å². The molecule has 2 aromatic carbocycles. The molecule has 36 heavy (non-hydrogen) atoms. The Labute approximate surface area is 215 Å². The van der Waals surface area contributed by atoms with Gasteiger partial charge in [0.25, 0.3) is 5.91 Å². The Hall–Kier alpha value is -3.69. The topological polar surface area (TPSA) is 63.9 Å². The average Bonchev–Trinajstić information content (AvgIpc) is 3.64. The van der Waals surface area contributed by atoms with Gasteiger partial charge >= 0.3 is 0 Å². The number of amides is 1. The molecule has 6 nitrogen and oxygen atoms in total. The molecule has 0 spiro atoms. The van der Waals surface area contributed by atoms with Gasteiger partial charge in [-0.05, 0) is 67.9 Å². The Kier molecular flexibility index (Phi) is 5.73. The zero-order valence-electron chi connectivity index (χ0n) is 19.7. The number of nitrogens with zero attached hydrogens (tertiary/aromatic N) is 5. The maximum Gasteiger partial charge on any atom is 0.254 e. The number of carbonyl (C=O) groups excluding carboxylic acids is 1. The Bertz CT molecular complexity index is 1550. The molecule has 180 valence electrons. The Morgan fingerprint density at radius 3 is 2.44 bits per heavy atom. The van der Waals surface area contributed by atoms with Crippen LogP contribution in [0.15, 0.2) is 66.0 Å². The monoisotopic (exact) mass is 515 g/mol. The second-order valence-corrected chi connectivity index (χ2v) is 10.9. The number of thiophene rings is 1. The minimum absolute atomic E-state index is 0.0144. The molecule has 6 rings (SSSR count). The Morgan fingerprint density at radius 2 is 1.72 bits per heavy atom. The van der Waals surface area contributed by atoms with Crippen molar-refractivity contribution in [2.24, 2.45) is 0 Å². The van der Waals surface area contributed by atoms with Gasteiger partial charge in [0.15, 0.2) is 11.6 Å². The first-order chi connectivity index (χ1) is 17.5. The quantitative estimate of drug-likeness (QED) is 0.276. The zero-order chi connectivity index (χ0) is 24.8. The third-order valence-electron chi connectivity index (χ3n) is 6.43. The third kappa shape index (κ3) is 4.04. The summed E-state index contributed by atoms with van der Waals surface area (Å²) in [6.45, 7) is 5.21. The van der Waals surface area contributed by atoms with E-state index >= 15 is 0 Å². The van der Waals surface area contributed by atoms with E-state index < -0.39 is 0 Å². The number of halogens is 1. The molecule has 0 radical (unpaired) electrons. The second-order valence-electron chi connectivity index (χ2n) is 8.74. The number of hydrogen-bond donors (Lipinski definition) is 0. The highest BCUT2D eigenvalue weighted by Crippen LogP contribution is 2.33. The van der Waals surface area contributed by atoms with E-state index in [1.54, 1.807) is 23.5 Å². The SMILES string of the molecule is Cc1ccc(-c2ccc(C(=O)N3CCn4c(-c5csc(-c6ccc(F)cc6)n5)nnc4C3C)cc2)s1. The molecule has 4 heterocycles. The maximum atomic E-state index is 13.4. The van der Waals surface area contributed by atoms with Gasteiger partial charge in [-0.25, -0.2) is 9.37 Å². The number of aromatic nitrogens is 4.